The molecule has 3 rings (SSSR count). The molecule has 0 atom stereocenters. The Hall–Kier alpha value is -3.13. The molecule has 1 N–H and O–H groups in total. The van der Waals surface area contributed by atoms with E-state index in [0.29, 0.717) is 25.4 Å². The van der Waals surface area contributed by atoms with Crippen LogP contribution in [0.4, 0.5) is 5.69 Å². The van der Waals surface area contributed by atoms with Gasteiger partial charge in [-0.3, -0.25) is 19.7 Å². The summed E-state index contributed by atoms with van der Waals surface area (Å²) in [4.78, 5) is 37.0. The highest BCUT2D eigenvalue weighted by molar-refractivity contribution is 6.31. The van der Waals surface area contributed by atoms with Crippen LogP contribution < -0.4 is 10.1 Å². The van der Waals surface area contributed by atoms with Gasteiger partial charge in [-0.1, -0.05) is 29.8 Å². The number of piperidine rings is 1. The van der Waals surface area contributed by atoms with Crippen molar-refractivity contribution in [3.63, 3.8) is 0 Å². The molecule has 30 heavy (non-hydrogen) atoms. The number of hydrogen-bond acceptors (Lipinski definition) is 5. The molecule has 0 spiro atoms. The highest BCUT2D eigenvalue weighted by Crippen LogP contribution is 2.23. The SMILES string of the molecule is O=C(NCC1CCN(C(=O)COc2ccccc2)CC1)c1cc(Cl)ccc1[N+](=O)[O-]. The molecule has 1 saturated heterocycles. The third-order valence-electron chi connectivity index (χ3n) is 5.02. The molecule has 0 aromatic heterocycles. The molecule has 9 heteroatoms. The van der Waals surface area contributed by atoms with Crippen LogP contribution in [0, 0.1) is 16.0 Å². The maximum absolute atomic E-state index is 12.4. The molecule has 2 aromatic carbocycles. The van der Waals surface area contributed by atoms with Crippen molar-refractivity contribution in [2.45, 2.75) is 12.8 Å². The van der Waals surface area contributed by atoms with E-state index in [1.165, 1.54) is 18.2 Å². The van der Waals surface area contributed by atoms with Crippen LogP contribution in [0.5, 0.6) is 5.75 Å². The molecule has 0 unspecified atom stereocenters. The highest BCUT2D eigenvalue weighted by atomic mass is 35.5. The van der Waals surface area contributed by atoms with Crippen LogP contribution in [0.2, 0.25) is 5.02 Å². The van der Waals surface area contributed by atoms with E-state index >= 15 is 0 Å². The Morgan fingerprint density at radius 2 is 1.87 bits per heavy atom. The van der Waals surface area contributed by atoms with Gasteiger partial charge in [-0.2, -0.15) is 0 Å². The average molecular weight is 432 g/mol. The highest BCUT2D eigenvalue weighted by Gasteiger charge is 2.25. The van der Waals surface area contributed by atoms with Crippen molar-refractivity contribution in [2.75, 3.05) is 26.2 Å². The van der Waals surface area contributed by atoms with Crippen molar-refractivity contribution in [3.8, 4) is 5.75 Å². The van der Waals surface area contributed by atoms with Gasteiger partial charge in [0.05, 0.1) is 4.92 Å². The summed E-state index contributed by atoms with van der Waals surface area (Å²) in [5, 5.41) is 14.1. The second-order valence-corrected chi connectivity index (χ2v) is 7.49. The van der Waals surface area contributed by atoms with Gasteiger partial charge in [0.1, 0.15) is 11.3 Å². The number of para-hydroxylation sites is 1. The number of ether oxygens (including phenoxy) is 1. The number of rotatable bonds is 7. The fourth-order valence-corrected chi connectivity index (χ4v) is 3.49. The van der Waals surface area contributed by atoms with Crippen molar-refractivity contribution in [1.29, 1.82) is 0 Å². The number of halogens is 1. The van der Waals surface area contributed by atoms with Gasteiger partial charge in [-0.25, -0.2) is 0 Å². The zero-order valence-electron chi connectivity index (χ0n) is 16.3. The first-order valence-corrected chi connectivity index (χ1v) is 9.99. The van der Waals surface area contributed by atoms with Crippen molar-refractivity contribution in [3.05, 3.63) is 69.2 Å². The maximum atomic E-state index is 12.4. The number of nitrogens with zero attached hydrogens (tertiary/aromatic N) is 2. The van der Waals surface area contributed by atoms with Gasteiger partial charge in [0.2, 0.25) is 0 Å². The predicted molar refractivity (Wildman–Crippen MR) is 112 cm³/mol. The Balaban J connectivity index is 1.45. The molecule has 0 bridgehead atoms. The van der Waals surface area contributed by atoms with Crippen LogP contribution in [0.1, 0.15) is 23.2 Å². The fourth-order valence-electron chi connectivity index (χ4n) is 3.32. The minimum Gasteiger partial charge on any atom is -0.484 e. The van der Waals surface area contributed by atoms with E-state index in [0.717, 1.165) is 12.8 Å². The lowest BCUT2D eigenvalue weighted by atomic mass is 9.96. The molecule has 1 aliphatic rings. The zero-order valence-corrected chi connectivity index (χ0v) is 17.0. The Morgan fingerprint density at radius 3 is 2.53 bits per heavy atom. The Morgan fingerprint density at radius 1 is 1.17 bits per heavy atom. The molecular formula is C21H22ClN3O5. The normalized spacial score (nSPS) is 14.2. The molecular weight excluding hydrogens is 410 g/mol. The van der Waals surface area contributed by atoms with Crippen LogP contribution in [-0.2, 0) is 4.79 Å². The molecule has 1 heterocycles. The first kappa shape index (κ1) is 21.6. The number of amides is 2. The quantitative estimate of drug-likeness (QED) is 0.535. The molecule has 1 fully saturated rings. The largest absolute Gasteiger partial charge is 0.484 e. The number of carbonyl (C=O) groups excluding carboxylic acids is 2. The number of nitrogens with one attached hydrogen (secondary N) is 1. The summed E-state index contributed by atoms with van der Waals surface area (Å²) in [5.41, 5.74) is -0.339. The topological polar surface area (TPSA) is 102 Å². The number of benzene rings is 2. The van der Waals surface area contributed by atoms with Gasteiger partial charge in [0.25, 0.3) is 17.5 Å². The van der Waals surface area contributed by atoms with E-state index in [9.17, 15) is 19.7 Å². The average Bonchev–Trinajstić information content (AvgIpc) is 2.76. The zero-order chi connectivity index (χ0) is 21.5. The van der Waals surface area contributed by atoms with Crippen LogP contribution in [-0.4, -0.2) is 47.9 Å². The van der Waals surface area contributed by atoms with Crippen LogP contribution in [0.15, 0.2) is 48.5 Å². The Labute approximate surface area is 178 Å². The van der Waals surface area contributed by atoms with E-state index in [2.05, 4.69) is 5.32 Å². The van der Waals surface area contributed by atoms with Gasteiger partial charge in [0, 0.05) is 30.7 Å². The summed E-state index contributed by atoms with van der Waals surface area (Å²) in [5.74, 6) is 0.236. The minimum absolute atomic E-state index is 0.0101. The lowest BCUT2D eigenvalue weighted by Crippen LogP contribution is -2.43. The van der Waals surface area contributed by atoms with E-state index in [4.69, 9.17) is 16.3 Å². The van der Waals surface area contributed by atoms with E-state index < -0.39 is 10.8 Å². The smallest absolute Gasteiger partial charge is 0.282 e. The number of carbonyl (C=O) groups is 2. The van der Waals surface area contributed by atoms with Crippen molar-refractivity contribution in [1.82, 2.24) is 10.2 Å². The fraction of sp³-hybridized carbons (Fsp3) is 0.333. The molecule has 158 valence electrons. The second kappa shape index (κ2) is 10.1. The lowest BCUT2D eigenvalue weighted by Gasteiger charge is -2.32. The van der Waals surface area contributed by atoms with Gasteiger partial charge in [0.15, 0.2) is 6.61 Å². The molecule has 2 aromatic rings. The van der Waals surface area contributed by atoms with Crippen LogP contribution >= 0.6 is 11.6 Å². The molecule has 8 nitrogen and oxygen atoms in total. The molecule has 1 aliphatic heterocycles. The van der Waals surface area contributed by atoms with E-state index in [-0.39, 0.29) is 34.7 Å². The molecule has 0 saturated carbocycles. The summed E-state index contributed by atoms with van der Waals surface area (Å²) < 4.78 is 5.50. The molecule has 0 radical (unpaired) electrons. The molecule has 2 amide bonds. The Kier molecular flexibility index (Phi) is 7.24. The second-order valence-electron chi connectivity index (χ2n) is 7.05. The number of hydrogen-bond donors (Lipinski definition) is 1. The van der Waals surface area contributed by atoms with Gasteiger partial charge >= 0.3 is 0 Å². The third kappa shape index (κ3) is 5.70. The number of nitro groups is 1. The third-order valence-corrected chi connectivity index (χ3v) is 5.26. The standard InChI is InChI=1S/C21H22ClN3O5/c22-16-6-7-19(25(28)29)18(12-16)21(27)23-13-15-8-10-24(11-9-15)20(26)14-30-17-4-2-1-3-5-17/h1-7,12,15H,8-11,13-14H2,(H,23,27). The maximum Gasteiger partial charge on any atom is 0.282 e. The minimum atomic E-state index is -0.604. The van der Waals surface area contributed by atoms with Crippen molar-refractivity contribution in [2.24, 2.45) is 5.92 Å². The van der Waals surface area contributed by atoms with Crippen LogP contribution in [0.3, 0.4) is 0 Å². The monoisotopic (exact) mass is 431 g/mol. The van der Waals surface area contributed by atoms with Gasteiger partial charge < -0.3 is 15.0 Å². The van der Waals surface area contributed by atoms with Crippen molar-refractivity contribution < 1.29 is 19.2 Å². The number of nitro benzene ring substituents is 1. The van der Waals surface area contributed by atoms with Gasteiger partial charge in [-0.05, 0) is 43.0 Å². The summed E-state index contributed by atoms with van der Waals surface area (Å²) in [6.45, 7) is 1.53. The number of likely N-dealkylation sites (tertiary alicyclic amines) is 1. The summed E-state index contributed by atoms with van der Waals surface area (Å²) in [6, 6.07) is 13.1. The Bertz CT molecular complexity index is 914. The molecule has 0 aliphatic carbocycles. The predicted octanol–water partition coefficient (Wildman–Crippen LogP) is 3.30. The van der Waals surface area contributed by atoms with Crippen LogP contribution in [0.25, 0.3) is 0 Å². The van der Waals surface area contributed by atoms with E-state index in [1.807, 2.05) is 18.2 Å². The summed E-state index contributed by atoms with van der Waals surface area (Å²) in [7, 11) is 0. The summed E-state index contributed by atoms with van der Waals surface area (Å²) >= 11 is 5.87. The first-order chi connectivity index (χ1) is 14.4. The van der Waals surface area contributed by atoms with Gasteiger partial charge in [-0.15, -0.1) is 0 Å². The van der Waals surface area contributed by atoms with E-state index in [1.54, 1.807) is 17.0 Å². The summed E-state index contributed by atoms with van der Waals surface area (Å²) in [6.07, 6.45) is 1.46. The lowest BCUT2D eigenvalue weighted by molar-refractivity contribution is -0.385. The first-order valence-electron chi connectivity index (χ1n) is 9.62. The van der Waals surface area contributed by atoms with Crippen molar-refractivity contribution >= 4 is 29.1 Å².